The van der Waals surface area contributed by atoms with Crippen molar-refractivity contribution in [2.24, 2.45) is 0 Å². The molecule has 0 amide bonds. The van der Waals surface area contributed by atoms with E-state index in [9.17, 15) is 0 Å². The zero-order valence-corrected chi connectivity index (χ0v) is 6.49. The zero-order chi connectivity index (χ0) is 9.54. The first-order chi connectivity index (χ1) is 6.90. The molecule has 0 aliphatic heterocycles. The van der Waals surface area contributed by atoms with Crippen LogP contribution in [0.4, 0.5) is 5.82 Å². The highest BCUT2D eigenvalue weighted by Crippen LogP contribution is 2.14. The molecule has 10 nitrogen and oxygen atoms in total. The van der Waals surface area contributed by atoms with E-state index in [1.807, 2.05) is 5.48 Å². The van der Waals surface area contributed by atoms with E-state index in [4.69, 9.17) is 5.21 Å². The van der Waals surface area contributed by atoms with Gasteiger partial charge in [-0.25, -0.2) is 10.1 Å². The number of nitrogens with one attached hydrogen (secondary N) is 1. The highest BCUT2D eigenvalue weighted by Gasteiger charge is 2.14. The van der Waals surface area contributed by atoms with Crippen LogP contribution < -0.4 is 5.48 Å². The molecule has 0 spiro atoms. The molecule has 3 heterocycles. The number of hydrogen-bond acceptors (Lipinski definition) is 9. The Bertz CT molecular complexity index is 597. The Morgan fingerprint density at radius 3 is 3.07 bits per heavy atom. The van der Waals surface area contributed by atoms with Crippen LogP contribution in [0.1, 0.15) is 0 Å². The lowest BCUT2D eigenvalue weighted by molar-refractivity contribution is 0.313. The molecule has 0 aromatic carbocycles. The number of hydrogen-bond donors (Lipinski definition) is 2. The molecular formula is C4H2N8O2. The molecule has 0 bridgehead atoms. The van der Waals surface area contributed by atoms with Gasteiger partial charge in [0, 0.05) is 0 Å². The minimum atomic E-state index is 0.0817. The predicted molar refractivity (Wildman–Crippen MR) is 39.3 cm³/mol. The van der Waals surface area contributed by atoms with Gasteiger partial charge in [-0.2, -0.15) is 9.50 Å². The van der Waals surface area contributed by atoms with E-state index in [0.29, 0.717) is 0 Å². The lowest BCUT2D eigenvalue weighted by Crippen LogP contribution is -2.00. The number of fused-ring (bicyclic) bond motifs is 3. The summed E-state index contributed by atoms with van der Waals surface area (Å²) < 4.78 is 5.70. The van der Waals surface area contributed by atoms with Crippen LogP contribution in [0.25, 0.3) is 16.9 Å². The van der Waals surface area contributed by atoms with Crippen molar-refractivity contribution in [3.8, 4) is 0 Å². The van der Waals surface area contributed by atoms with Gasteiger partial charge in [-0.3, -0.25) is 5.21 Å². The van der Waals surface area contributed by atoms with E-state index in [1.165, 1.54) is 4.52 Å². The second-order valence-corrected chi connectivity index (χ2v) is 2.40. The Kier molecular flexibility index (Phi) is 1.17. The summed E-state index contributed by atoms with van der Waals surface area (Å²) in [4.78, 5) is 3.86. The minimum Gasteiger partial charge on any atom is -0.290 e. The Labute approximate surface area is 74.4 Å². The molecule has 3 rings (SSSR count). The van der Waals surface area contributed by atoms with Crippen molar-refractivity contribution >= 4 is 22.8 Å². The third-order valence-electron chi connectivity index (χ3n) is 1.66. The number of anilines is 1. The summed E-state index contributed by atoms with van der Waals surface area (Å²) in [7, 11) is 0. The quantitative estimate of drug-likeness (QED) is 0.461. The van der Waals surface area contributed by atoms with E-state index < -0.39 is 0 Å². The fraction of sp³-hybridized carbons (Fsp3) is 0. The van der Waals surface area contributed by atoms with Gasteiger partial charge in [0.05, 0.1) is 0 Å². The van der Waals surface area contributed by atoms with Crippen LogP contribution in [0.3, 0.4) is 0 Å². The van der Waals surface area contributed by atoms with E-state index >= 15 is 0 Å². The van der Waals surface area contributed by atoms with Gasteiger partial charge >= 0.3 is 0 Å². The highest BCUT2D eigenvalue weighted by atomic mass is 16.6. The molecule has 3 aromatic rings. The first-order valence-corrected chi connectivity index (χ1v) is 3.50. The maximum Gasteiger partial charge on any atom is 0.248 e. The normalized spacial score (nSPS) is 11.2. The second-order valence-electron chi connectivity index (χ2n) is 2.40. The largest absolute Gasteiger partial charge is 0.290 e. The first kappa shape index (κ1) is 7.08. The van der Waals surface area contributed by atoms with E-state index in [-0.39, 0.29) is 22.8 Å². The van der Waals surface area contributed by atoms with Gasteiger partial charge in [-0.1, -0.05) is 0 Å². The Morgan fingerprint density at radius 2 is 2.21 bits per heavy atom. The van der Waals surface area contributed by atoms with Gasteiger partial charge in [0.15, 0.2) is 5.82 Å². The average molecular weight is 194 g/mol. The summed E-state index contributed by atoms with van der Waals surface area (Å²) in [5, 5.41) is 26.5. The van der Waals surface area contributed by atoms with Crippen LogP contribution in [0.5, 0.6) is 0 Å². The standard InChI is InChI=1S/C4H2N8O2/c13-7-1-3-6-10-11-12(3)4-2(5-1)8-14-9-4/h13H,(H,5,7,8). The van der Waals surface area contributed by atoms with Gasteiger partial charge < -0.3 is 0 Å². The average Bonchev–Trinajstić information content (AvgIpc) is 2.83. The van der Waals surface area contributed by atoms with Gasteiger partial charge in [-0.05, 0) is 20.7 Å². The van der Waals surface area contributed by atoms with E-state index in [1.54, 1.807) is 0 Å². The highest BCUT2D eigenvalue weighted by molar-refractivity contribution is 5.74. The monoisotopic (exact) mass is 194 g/mol. The molecular weight excluding hydrogens is 192 g/mol. The van der Waals surface area contributed by atoms with Crippen molar-refractivity contribution < 1.29 is 9.84 Å². The summed E-state index contributed by atoms with van der Waals surface area (Å²) in [6.07, 6.45) is 0. The molecule has 0 aliphatic carbocycles. The maximum atomic E-state index is 8.75. The molecule has 0 fully saturated rings. The van der Waals surface area contributed by atoms with Crippen molar-refractivity contribution in [2.45, 2.75) is 0 Å². The SMILES string of the molecule is ONc1nc2nonc2n2nnnc12. The second kappa shape index (κ2) is 2.32. The molecule has 14 heavy (non-hydrogen) atoms. The molecule has 0 radical (unpaired) electrons. The number of aromatic nitrogens is 7. The van der Waals surface area contributed by atoms with Crippen LogP contribution in [0, 0.1) is 0 Å². The van der Waals surface area contributed by atoms with Crippen molar-refractivity contribution in [3.05, 3.63) is 0 Å². The third-order valence-corrected chi connectivity index (χ3v) is 1.66. The summed E-state index contributed by atoms with van der Waals surface area (Å²) in [6, 6.07) is 0. The smallest absolute Gasteiger partial charge is 0.248 e. The van der Waals surface area contributed by atoms with Crippen molar-refractivity contribution in [1.82, 2.24) is 35.3 Å². The molecule has 0 saturated heterocycles. The fourth-order valence-electron chi connectivity index (χ4n) is 1.09. The number of rotatable bonds is 1. The molecule has 0 saturated carbocycles. The molecule has 2 N–H and O–H groups in total. The third kappa shape index (κ3) is 0.719. The van der Waals surface area contributed by atoms with Gasteiger partial charge in [-0.15, -0.1) is 5.10 Å². The van der Waals surface area contributed by atoms with E-state index in [0.717, 1.165) is 0 Å². The van der Waals surface area contributed by atoms with Crippen molar-refractivity contribution in [2.75, 3.05) is 5.48 Å². The number of tetrazole rings is 1. The van der Waals surface area contributed by atoms with Crippen LogP contribution in [-0.4, -0.2) is 40.5 Å². The first-order valence-electron chi connectivity index (χ1n) is 3.50. The summed E-state index contributed by atoms with van der Waals surface area (Å²) >= 11 is 0. The Morgan fingerprint density at radius 1 is 1.29 bits per heavy atom. The maximum absolute atomic E-state index is 8.75. The molecule has 3 aromatic heterocycles. The summed E-state index contributed by atoms with van der Waals surface area (Å²) in [6.45, 7) is 0. The zero-order valence-electron chi connectivity index (χ0n) is 6.49. The predicted octanol–water partition coefficient (Wildman–Crippen LogP) is -1.14. The lowest BCUT2D eigenvalue weighted by atomic mass is 10.6. The van der Waals surface area contributed by atoms with E-state index in [2.05, 4.69) is 35.5 Å². The van der Waals surface area contributed by atoms with Crippen molar-refractivity contribution in [1.29, 1.82) is 0 Å². The minimum absolute atomic E-state index is 0.0817. The molecule has 0 atom stereocenters. The molecule has 0 unspecified atom stereocenters. The van der Waals surface area contributed by atoms with Gasteiger partial charge in [0.25, 0.3) is 0 Å². The molecule has 10 heteroatoms. The lowest BCUT2D eigenvalue weighted by Gasteiger charge is -1.96. The van der Waals surface area contributed by atoms with Crippen molar-refractivity contribution in [3.63, 3.8) is 0 Å². The van der Waals surface area contributed by atoms with Crippen LogP contribution in [0.15, 0.2) is 4.63 Å². The van der Waals surface area contributed by atoms with Gasteiger partial charge in [0.1, 0.15) is 0 Å². The van der Waals surface area contributed by atoms with Crippen LogP contribution in [-0.2, 0) is 0 Å². The van der Waals surface area contributed by atoms with Crippen LogP contribution >= 0.6 is 0 Å². The topological polar surface area (TPSA) is 127 Å². The Hall–Kier alpha value is -2.36. The summed E-state index contributed by atoms with van der Waals surface area (Å²) in [5.74, 6) is 0.0817. The molecule has 0 aliphatic rings. The molecule has 70 valence electrons. The fourth-order valence-corrected chi connectivity index (χ4v) is 1.09. The number of nitrogens with zero attached hydrogens (tertiary/aromatic N) is 7. The Balaban J connectivity index is 2.59. The van der Waals surface area contributed by atoms with Crippen LogP contribution in [0.2, 0.25) is 0 Å². The summed E-state index contributed by atoms with van der Waals surface area (Å²) in [5.41, 5.74) is 2.56. The van der Waals surface area contributed by atoms with Gasteiger partial charge in [0.2, 0.25) is 16.9 Å².